The molecule has 3 aliphatic rings. The topological polar surface area (TPSA) is 228 Å². The molecule has 0 spiro atoms. The first-order valence-corrected chi connectivity index (χ1v) is 27.7. The standard InChI is InChI=1S/C53H89F2N5O13S/c1-15-42-53(10,66)46(62)34(6)59(12)28-30(2)25-51(8,65)48(32(4)43(33(5)49(64)72-42)41-26-52(9,69-14)47(63)35(7)71-41)73-50-44(61)39(24-31(3)70-50)58(11)22-20-37-29-60(57-56-37)40(27-55)45(68-13)36-16-18-38(19-17-36)74(67)23-21-54/h16-19,29-35,39-48,50,61-63,65-66H,15,20-28H2,1-14H3/t30-,31-,32+,33-,34-,35+,39+,40-,41?,42-,43+,44-,45-,46-,47+,48-,50+,51-,52-,53-,74?/m1/s1. The molecule has 5 N–H and O–H groups in total. The second-order valence-electron chi connectivity index (χ2n) is 22.4. The Kier molecular flexibility index (Phi) is 22.1. The fourth-order valence-electron chi connectivity index (χ4n) is 12.1. The summed E-state index contributed by atoms with van der Waals surface area (Å²) in [5.41, 5.74) is -3.37. The molecule has 18 nitrogen and oxygen atoms in total. The molecule has 2 aromatic rings. The second kappa shape index (κ2) is 26.3. The number of aromatic nitrogens is 3. The van der Waals surface area contributed by atoms with E-state index in [1.807, 2.05) is 44.7 Å². The van der Waals surface area contributed by atoms with Gasteiger partial charge in [0.2, 0.25) is 0 Å². The maximum Gasteiger partial charge on any atom is 0.309 e. The van der Waals surface area contributed by atoms with Gasteiger partial charge in [-0.3, -0.25) is 13.4 Å². The number of carbonyl (C=O) groups excluding carboxylic acids is 1. The highest BCUT2D eigenvalue weighted by Crippen LogP contribution is 2.45. The SMILES string of the molecule is CC[C@H]1OC(=O)[C@H](C)[C@@H](C2C[C@@](C)(OC)[C@@H](O)[C@H](C)O2)[C@H](C)[C@@H](O[C@@H]2O[C@H](C)C[C@H](N(C)CCc3cn([C@H](CF)[C@H](OC)c4ccc(S(=O)CCF)cc4)nn3)[C@H]2O)[C@](C)(O)C[C@@H](C)CN(C)[C@H](C)[C@@H](O)[C@]1(C)O. The minimum Gasteiger partial charge on any atom is -0.459 e. The number of nitrogens with zero attached hydrogens (tertiary/aromatic N) is 5. The van der Waals surface area contributed by atoms with Crippen LogP contribution in [0.15, 0.2) is 35.4 Å². The second-order valence-corrected chi connectivity index (χ2v) is 24.0. The number of rotatable bonds is 17. The van der Waals surface area contributed by atoms with Crippen LogP contribution in [0, 0.1) is 23.7 Å². The summed E-state index contributed by atoms with van der Waals surface area (Å²) in [5.74, 6) is -3.44. The number of cyclic esters (lactones) is 1. The van der Waals surface area contributed by atoms with Crippen LogP contribution in [0.2, 0.25) is 0 Å². The molecule has 1 aromatic heterocycles. The third kappa shape index (κ3) is 14.1. The van der Waals surface area contributed by atoms with Crippen LogP contribution in [0.3, 0.4) is 0 Å². The number of ether oxygens (including phenoxy) is 6. The van der Waals surface area contributed by atoms with Gasteiger partial charge in [-0.15, -0.1) is 5.10 Å². The first-order chi connectivity index (χ1) is 34.7. The molecule has 0 bridgehead atoms. The summed E-state index contributed by atoms with van der Waals surface area (Å²) in [7, 11) is 5.18. The lowest BCUT2D eigenvalue weighted by atomic mass is 9.68. The molecule has 21 atom stereocenters. The molecule has 1 aromatic carbocycles. The number of carbonyl (C=O) groups is 1. The molecule has 4 heterocycles. The lowest BCUT2D eigenvalue weighted by Gasteiger charge is -2.51. The van der Waals surface area contributed by atoms with Crippen molar-refractivity contribution in [3.8, 4) is 0 Å². The minimum absolute atomic E-state index is 0.112. The van der Waals surface area contributed by atoms with Gasteiger partial charge in [0.15, 0.2) is 6.29 Å². The predicted octanol–water partition coefficient (Wildman–Crippen LogP) is 4.35. The first-order valence-electron chi connectivity index (χ1n) is 26.3. The van der Waals surface area contributed by atoms with E-state index in [2.05, 4.69) is 10.3 Å². The van der Waals surface area contributed by atoms with Crippen molar-refractivity contribution >= 4 is 16.8 Å². The highest BCUT2D eigenvalue weighted by Gasteiger charge is 2.55. The maximum atomic E-state index is 14.8. The zero-order valence-electron chi connectivity index (χ0n) is 46.2. The summed E-state index contributed by atoms with van der Waals surface area (Å²) < 4.78 is 79.3. The van der Waals surface area contributed by atoms with Crippen LogP contribution >= 0.6 is 0 Å². The molecule has 3 aliphatic heterocycles. The van der Waals surface area contributed by atoms with Crippen molar-refractivity contribution in [2.45, 2.75) is 202 Å². The molecule has 2 unspecified atom stereocenters. The lowest BCUT2D eigenvalue weighted by Crippen LogP contribution is -2.62. The quantitative estimate of drug-likeness (QED) is 0.139. The Labute approximate surface area is 440 Å². The van der Waals surface area contributed by atoms with Gasteiger partial charge in [-0.2, -0.15) is 0 Å². The number of halogens is 2. The van der Waals surface area contributed by atoms with E-state index in [0.717, 1.165) is 0 Å². The molecule has 3 fully saturated rings. The number of likely N-dealkylation sites (N-methyl/N-ethyl adjacent to an activating group) is 2. The summed E-state index contributed by atoms with van der Waals surface area (Å²) in [6.07, 6.45) is -6.68. The van der Waals surface area contributed by atoms with E-state index in [0.29, 0.717) is 42.1 Å². The van der Waals surface area contributed by atoms with Crippen molar-refractivity contribution in [1.82, 2.24) is 24.8 Å². The molecule has 3 saturated heterocycles. The number of aliphatic hydroxyl groups is 5. The Morgan fingerprint density at radius 3 is 2.24 bits per heavy atom. The van der Waals surface area contributed by atoms with Gasteiger partial charge >= 0.3 is 5.97 Å². The van der Waals surface area contributed by atoms with Gasteiger partial charge in [0.05, 0.1) is 63.8 Å². The van der Waals surface area contributed by atoms with Crippen LogP contribution in [-0.4, -0.2) is 205 Å². The number of hydrogen-bond acceptors (Lipinski definition) is 17. The van der Waals surface area contributed by atoms with Gasteiger partial charge in [0, 0.05) is 69.2 Å². The smallest absolute Gasteiger partial charge is 0.309 e. The first kappa shape index (κ1) is 62.2. The van der Waals surface area contributed by atoms with Crippen molar-refractivity contribution in [3.63, 3.8) is 0 Å². The predicted molar refractivity (Wildman–Crippen MR) is 274 cm³/mol. The van der Waals surface area contributed by atoms with Gasteiger partial charge in [0.1, 0.15) is 55.5 Å². The Bertz CT molecular complexity index is 2090. The van der Waals surface area contributed by atoms with Crippen LogP contribution in [0.1, 0.15) is 118 Å². The molecule has 0 radical (unpaired) electrons. The highest BCUT2D eigenvalue weighted by molar-refractivity contribution is 7.85. The summed E-state index contributed by atoms with van der Waals surface area (Å²) >= 11 is 0. The van der Waals surface area contributed by atoms with E-state index in [1.165, 1.54) is 25.8 Å². The van der Waals surface area contributed by atoms with Crippen LogP contribution in [0.25, 0.3) is 0 Å². The number of hydrogen-bond donors (Lipinski definition) is 5. The molecular formula is C53H89F2N5O13S. The van der Waals surface area contributed by atoms with Crippen molar-refractivity contribution in [1.29, 1.82) is 0 Å². The summed E-state index contributed by atoms with van der Waals surface area (Å²) in [4.78, 5) is 19.0. The summed E-state index contributed by atoms with van der Waals surface area (Å²) in [6.45, 7) is 17.0. The van der Waals surface area contributed by atoms with E-state index in [-0.39, 0.29) is 30.9 Å². The fraction of sp³-hybridized carbons (Fsp3) is 0.830. The van der Waals surface area contributed by atoms with Crippen molar-refractivity contribution in [2.75, 3.05) is 60.5 Å². The molecule has 74 heavy (non-hydrogen) atoms. The highest BCUT2D eigenvalue weighted by atomic mass is 32.2. The van der Waals surface area contributed by atoms with Crippen LogP contribution in [0.5, 0.6) is 0 Å². The minimum atomic E-state index is -1.84. The number of aliphatic hydroxyl groups excluding tert-OH is 3. The molecule has 0 amide bonds. The third-order valence-corrected chi connectivity index (χ3v) is 17.9. The molecular weight excluding hydrogens is 985 g/mol. The average molecular weight is 1070 g/mol. The summed E-state index contributed by atoms with van der Waals surface area (Å²) in [6, 6.07) is 4.63. The molecule has 5 rings (SSSR count). The van der Waals surface area contributed by atoms with E-state index in [4.69, 9.17) is 28.4 Å². The molecule has 0 aliphatic carbocycles. The van der Waals surface area contributed by atoms with Crippen LogP contribution < -0.4 is 0 Å². The third-order valence-electron chi connectivity index (χ3n) is 16.6. The van der Waals surface area contributed by atoms with E-state index >= 15 is 0 Å². The van der Waals surface area contributed by atoms with Crippen molar-refractivity contribution < 1.29 is 71.7 Å². The van der Waals surface area contributed by atoms with E-state index in [9.17, 15) is 43.3 Å². The average Bonchev–Trinajstić information content (AvgIpc) is 3.83. The van der Waals surface area contributed by atoms with Gasteiger partial charge in [-0.1, -0.05) is 45.0 Å². The van der Waals surface area contributed by atoms with Crippen LogP contribution in [-0.2, 0) is 50.4 Å². The van der Waals surface area contributed by atoms with Gasteiger partial charge in [-0.05, 0) is 104 Å². The largest absolute Gasteiger partial charge is 0.459 e. The number of esters is 1. The summed E-state index contributed by atoms with van der Waals surface area (Å²) in [5, 5.41) is 68.8. The zero-order valence-corrected chi connectivity index (χ0v) is 47.0. The fourth-order valence-corrected chi connectivity index (χ4v) is 12.9. The maximum absolute atomic E-state index is 14.8. The Morgan fingerprint density at radius 2 is 1.65 bits per heavy atom. The number of methoxy groups -OCH3 is 2. The van der Waals surface area contributed by atoms with Crippen molar-refractivity contribution in [2.24, 2.45) is 23.7 Å². The normalized spacial score (nSPS) is 39.7. The Hall–Kier alpha value is -2.64. The molecule has 21 heteroatoms. The van der Waals surface area contributed by atoms with E-state index in [1.54, 1.807) is 72.0 Å². The zero-order chi connectivity index (χ0) is 55.2. The van der Waals surface area contributed by atoms with Crippen molar-refractivity contribution in [3.05, 3.63) is 41.7 Å². The van der Waals surface area contributed by atoms with E-state index < -0.39 is 144 Å². The molecule has 0 saturated carbocycles. The Morgan fingerprint density at radius 1 is 0.986 bits per heavy atom. The lowest BCUT2D eigenvalue weighted by molar-refractivity contribution is -0.302. The number of benzene rings is 1. The van der Waals surface area contributed by atoms with Crippen LogP contribution in [0.4, 0.5) is 8.78 Å². The molecule has 424 valence electrons. The van der Waals surface area contributed by atoms with Gasteiger partial charge < -0.3 is 63.8 Å². The number of alkyl halides is 2. The van der Waals surface area contributed by atoms with Gasteiger partial charge in [-0.25, -0.2) is 9.07 Å². The van der Waals surface area contributed by atoms with Gasteiger partial charge in [0.25, 0.3) is 0 Å². The monoisotopic (exact) mass is 1070 g/mol. The Balaban J connectivity index is 1.44.